The zero-order valence-electron chi connectivity index (χ0n) is 11.5. The number of thiophene rings is 1. The molecule has 0 bridgehead atoms. The van der Waals surface area contributed by atoms with E-state index in [1.165, 1.54) is 9.75 Å². The van der Waals surface area contributed by atoms with Gasteiger partial charge in [0, 0.05) is 28.4 Å². The van der Waals surface area contributed by atoms with E-state index in [1.54, 1.807) is 0 Å². The molecule has 18 heavy (non-hydrogen) atoms. The molecule has 1 aliphatic rings. The molecule has 1 N–H and O–H groups in total. The van der Waals surface area contributed by atoms with Crippen molar-refractivity contribution < 1.29 is 9.47 Å². The van der Waals surface area contributed by atoms with Gasteiger partial charge in [-0.1, -0.05) is 0 Å². The summed E-state index contributed by atoms with van der Waals surface area (Å²) in [4.78, 5) is 2.67. The van der Waals surface area contributed by atoms with Crippen LogP contribution >= 0.6 is 11.3 Å². The van der Waals surface area contributed by atoms with Gasteiger partial charge in [-0.15, -0.1) is 11.3 Å². The van der Waals surface area contributed by atoms with Crippen molar-refractivity contribution in [1.29, 1.82) is 0 Å². The second-order valence-corrected chi connectivity index (χ2v) is 7.02. The Kier molecular flexibility index (Phi) is 4.78. The molecule has 2 rings (SSSR count). The van der Waals surface area contributed by atoms with Crippen molar-refractivity contribution in [2.24, 2.45) is 0 Å². The molecule has 1 aliphatic heterocycles. The maximum atomic E-state index is 5.81. The SMILES string of the molecule is CC(C)(C)NCc1ccc(COC2CCOC2)s1. The summed E-state index contributed by atoms with van der Waals surface area (Å²) in [6, 6.07) is 4.35. The fourth-order valence-electron chi connectivity index (χ4n) is 1.79. The van der Waals surface area contributed by atoms with Crippen LogP contribution in [0, 0.1) is 0 Å². The Morgan fingerprint density at radius 1 is 1.39 bits per heavy atom. The summed E-state index contributed by atoms with van der Waals surface area (Å²) in [5.41, 5.74) is 0.168. The van der Waals surface area contributed by atoms with Gasteiger partial charge in [-0.05, 0) is 39.3 Å². The van der Waals surface area contributed by atoms with E-state index in [0.717, 1.165) is 26.2 Å². The Hall–Kier alpha value is -0.420. The first kappa shape index (κ1) is 14.0. The Bertz CT molecular complexity index is 364. The van der Waals surface area contributed by atoms with Gasteiger partial charge in [-0.25, -0.2) is 0 Å². The van der Waals surface area contributed by atoms with Crippen molar-refractivity contribution >= 4 is 11.3 Å². The molecule has 1 saturated heterocycles. The Balaban J connectivity index is 1.75. The van der Waals surface area contributed by atoms with E-state index in [2.05, 4.69) is 38.2 Å². The third kappa shape index (κ3) is 4.69. The zero-order chi connectivity index (χ0) is 13.0. The highest BCUT2D eigenvalue weighted by Crippen LogP contribution is 2.20. The van der Waals surface area contributed by atoms with Gasteiger partial charge in [0.05, 0.1) is 19.3 Å². The third-order valence-electron chi connectivity index (χ3n) is 2.86. The second kappa shape index (κ2) is 6.15. The first-order chi connectivity index (χ1) is 8.53. The Morgan fingerprint density at radius 2 is 2.17 bits per heavy atom. The van der Waals surface area contributed by atoms with Gasteiger partial charge < -0.3 is 14.8 Å². The van der Waals surface area contributed by atoms with Crippen molar-refractivity contribution in [3.8, 4) is 0 Å². The molecule has 2 heterocycles. The predicted octanol–water partition coefficient (Wildman–Crippen LogP) is 2.94. The molecule has 1 aromatic rings. The van der Waals surface area contributed by atoms with Crippen LogP contribution < -0.4 is 5.32 Å². The summed E-state index contributed by atoms with van der Waals surface area (Å²) in [5.74, 6) is 0. The van der Waals surface area contributed by atoms with E-state index in [1.807, 2.05) is 11.3 Å². The van der Waals surface area contributed by atoms with Crippen LogP contribution in [0.15, 0.2) is 12.1 Å². The normalized spacial score (nSPS) is 20.5. The minimum atomic E-state index is 0.168. The number of ether oxygens (including phenoxy) is 2. The molecule has 1 fully saturated rings. The fourth-order valence-corrected chi connectivity index (χ4v) is 2.67. The van der Waals surface area contributed by atoms with Crippen molar-refractivity contribution in [3.63, 3.8) is 0 Å². The Labute approximate surface area is 113 Å². The lowest BCUT2D eigenvalue weighted by Crippen LogP contribution is -2.34. The van der Waals surface area contributed by atoms with Gasteiger partial charge in [-0.2, -0.15) is 0 Å². The third-order valence-corrected chi connectivity index (χ3v) is 3.92. The van der Waals surface area contributed by atoms with Crippen LogP contribution in [0.4, 0.5) is 0 Å². The molecular formula is C14H23NO2S. The molecule has 4 heteroatoms. The first-order valence-corrected chi connectivity index (χ1v) is 7.36. The Morgan fingerprint density at radius 3 is 2.83 bits per heavy atom. The van der Waals surface area contributed by atoms with E-state index in [4.69, 9.17) is 9.47 Å². The van der Waals surface area contributed by atoms with E-state index >= 15 is 0 Å². The molecule has 1 atom stereocenters. The molecule has 0 amide bonds. The largest absolute Gasteiger partial charge is 0.379 e. The maximum Gasteiger partial charge on any atom is 0.0835 e. The molecule has 102 valence electrons. The van der Waals surface area contributed by atoms with Gasteiger partial charge in [0.15, 0.2) is 0 Å². The summed E-state index contributed by atoms with van der Waals surface area (Å²) in [6.45, 7) is 9.80. The maximum absolute atomic E-state index is 5.81. The molecule has 1 unspecified atom stereocenters. The number of nitrogens with one attached hydrogen (secondary N) is 1. The highest BCUT2D eigenvalue weighted by Gasteiger charge is 2.16. The van der Waals surface area contributed by atoms with Crippen LogP contribution in [0.5, 0.6) is 0 Å². The summed E-state index contributed by atoms with van der Waals surface area (Å²) < 4.78 is 11.1. The van der Waals surface area contributed by atoms with E-state index in [0.29, 0.717) is 12.7 Å². The van der Waals surface area contributed by atoms with Crippen molar-refractivity contribution in [2.45, 2.75) is 52.0 Å². The van der Waals surface area contributed by atoms with Crippen molar-refractivity contribution in [1.82, 2.24) is 5.32 Å². The topological polar surface area (TPSA) is 30.5 Å². The minimum Gasteiger partial charge on any atom is -0.379 e. The molecule has 1 aromatic heterocycles. The average molecular weight is 269 g/mol. The van der Waals surface area contributed by atoms with E-state index < -0.39 is 0 Å². The van der Waals surface area contributed by atoms with Crippen LogP contribution in [0.2, 0.25) is 0 Å². The lowest BCUT2D eigenvalue weighted by molar-refractivity contribution is 0.0331. The number of rotatable bonds is 5. The second-order valence-electron chi connectivity index (χ2n) is 5.77. The average Bonchev–Trinajstić information content (AvgIpc) is 2.94. The summed E-state index contributed by atoms with van der Waals surface area (Å²) in [6.07, 6.45) is 1.33. The van der Waals surface area contributed by atoms with Crippen LogP contribution in [0.25, 0.3) is 0 Å². The molecule has 3 nitrogen and oxygen atoms in total. The highest BCUT2D eigenvalue weighted by molar-refractivity contribution is 7.11. The summed E-state index contributed by atoms with van der Waals surface area (Å²) in [5, 5.41) is 3.50. The van der Waals surface area contributed by atoms with Crippen LogP contribution in [0.3, 0.4) is 0 Å². The molecule has 0 aliphatic carbocycles. The molecular weight excluding hydrogens is 246 g/mol. The van der Waals surface area contributed by atoms with Gasteiger partial charge in [0.1, 0.15) is 0 Å². The lowest BCUT2D eigenvalue weighted by Gasteiger charge is -2.19. The molecule has 0 saturated carbocycles. The highest BCUT2D eigenvalue weighted by atomic mass is 32.1. The predicted molar refractivity (Wildman–Crippen MR) is 74.9 cm³/mol. The van der Waals surface area contributed by atoms with Gasteiger partial charge in [-0.3, -0.25) is 0 Å². The van der Waals surface area contributed by atoms with Crippen LogP contribution in [-0.2, 0) is 22.6 Å². The van der Waals surface area contributed by atoms with Gasteiger partial charge >= 0.3 is 0 Å². The van der Waals surface area contributed by atoms with E-state index in [9.17, 15) is 0 Å². The standard InChI is InChI=1S/C14H23NO2S/c1-14(2,3)15-8-12-4-5-13(18-12)10-17-11-6-7-16-9-11/h4-5,11,15H,6-10H2,1-3H3. The molecule has 0 spiro atoms. The quantitative estimate of drug-likeness (QED) is 0.891. The van der Waals surface area contributed by atoms with E-state index in [-0.39, 0.29) is 5.54 Å². The van der Waals surface area contributed by atoms with Crippen molar-refractivity contribution in [2.75, 3.05) is 13.2 Å². The van der Waals surface area contributed by atoms with Crippen LogP contribution in [0.1, 0.15) is 36.9 Å². The monoisotopic (exact) mass is 269 g/mol. The summed E-state index contributed by atoms with van der Waals surface area (Å²) >= 11 is 1.83. The van der Waals surface area contributed by atoms with Gasteiger partial charge in [0.2, 0.25) is 0 Å². The van der Waals surface area contributed by atoms with Crippen molar-refractivity contribution in [3.05, 3.63) is 21.9 Å². The lowest BCUT2D eigenvalue weighted by atomic mass is 10.1. The zero-order valence-corrected chi connectivity index (χ0v) is 12.3. The fraction of sp³-hybridized carbons (Fsp3) is 0.714. The molecule has 0 aromatic carbocycles. The minimum absolute atomic E-state index is 0.168. The van der Waals surface area contributed by atoms with Gasteiger partial charge in [0.25, 0.3) is 0 Å². The number of hydrogen-bond acceptors (Lipinski definition) is 4. The summed E-state index contributed by atoms with van der Waals surface area (Å²) in [7, 11) is 0. The smallest absolute Gasteiger partial charge is 0.0835 e. The van der Waals surface area contributed by atoms with Crippen LogP contribution in [-0.4, -0.2) is 24.9 Å². The first-order valence-electron chi connectivity index (χ1n) is 6.55. The molecule has 0 radical (unpaired) electrons. The number of hydrogen-bond donors (Lipinski definition) is 1.